The number of hydrogen-bond acceptors (Lipinski definition) is 5. The maximum absolute atomic E-state index is 12.9. The van der Waals surface area contributed by atoms with Gasteiger partial charge in [-0.25, -0.2) is 4.79 Å². The van der Waals surface area contributed by atoms with Gasteiger partial charge >= 0.3 is 6.03 Å². The first-order chi connectivity index (χ1) is 16.9. The summed E-state index contributed by atoms with van der Waals surface area (Å²) in [6.07, 6.45) is 3.26. The van der Waals surface area contributed by atoms with Crippen LogP contribution in [0.5, 0.6) is 0 Å². The topological polar surface area (TPSA) is 104 Å². The van der Waals surface area contributed by atoms with Crippen LogP contribution in [-0.2, 0) is 13.0 Å². The van der Waals surface area contributed by atoms with Crippen LogP contribution in [0.4, 0.5) is 16.2 Å². The van der Waals surface area contributed by atoms with Crippen LogP contribution in [0.15, 0.2) is 72.9 Å². The standard InChI is InChI=1S/C27H34N6O2/c1-32(2)17-8-18-33(27(35)29-16-15-21-9-4-3-5-10-21)20-22-13-14-25(30-19-22)26(34)31-24-12-7-6-11-23(24)28/h3-7,9-14,19H,8,15-18,20,28H2,1-2H3,(H,29,35)(H,31,34). The lowest BCUT2D eigenvalue weighted by molar-refractivity contribution is 0.102. The maximum atomic E-state index is 12.9. The number of urea groups is 1. The minimum atomic E-state index is -0.337. The number of hydrogen-bond donors (Lipinski definition) is 3. The third-order valence-corrected chi connectivity index (χ3v) is 5.49. The number of pyridine rings is 1. The van der Waals surface area contributed by atoms with Crippen molar-refractivity contribution in [3.05, 3.63) is 89.7 Å². The van der Waals surface area contributed by atoms with Crippen molar-refractivity contribution < 1.29 is 9.59 Å². The van der Waals surface area contributed by atoms with Gasteiger partial charge in [-0.15, -0.1) is 0 Å². The Morgan fingerprint density at radius 1 is 0.914 bits per heavy atom. The third-order valence-electron chi connectivity index (χ3n) is 5.49. The zero-order chi connectivity index (χ0) is 25.0. The average molecular weight is 475 g/mol. The molecule has 3 amide bonds. The van der Waals surface area contributed by atoms with Crippen LogP contribution in [-0.4, -0.2) is 60.5 Å². The average Bonchev–Trinajstić information content (AvgIpc) is 2.85. The Morgan fingerprint density at radius 3 is 2.34 bits per heavy atom. The molecule has 0 saturated carbocycles. The van der Waals surface area contributed by atoms with Crippen molar-refractivity contribution in [3.8, 4) is 0 Å². The molecule has 2 aromatic carbocycles. The van der Waals surface area contributed by atoms with Crippen LogP contribution in [0.1, 0.15) is 28.0 Å². The molecule has 35 heavy (non-hydrogen) atoms. The van der Waals surface area contributed by atoms with Crippen molar-refractivity contribution in [2.75, 3.05) is 44.8 Å². The number of rotatable bonds is 11. The van der Waals surface area contributed by atoms with Crippen LogP contribution in [0.2, 0.25) is 0 Å². The Bertz CT molecular complexity index is 1090. The summed E-state index contributed by atoms with van der Waals surface area (Å²) in [7, 11) is 4.03. The Kier molecular flexibility index (Phi) is 9.62. The van der Waals surface area contributed by atoms with Gasteiger partial charge in [0.05, 0.1) is 11.4 Å². The number of nitrogen functional groups attached to an aromatic ring is 1. The number of amides is 3. The summed E-state index contributed by atoms with van der Waals surface area (Å²) < 4.78 is 0. The minimum absolute atomic E-state index is 0.110. The number of nitrogens with two attached hydrogens (primary N) is 1. The quantitative estimate of drug-likeness (QED) is 0.368. The first kappa shape index (κ1) is 25.7. The highest BCUT2D eigenvalue weighted by Gasteiger charge is 2.15. The molecule has 0 radical (unpaired) electrons. The molecular weight excluding hydrogens is 440 g/mol. The van der Waals surface area contributed by atoms with Gasteiger partial charge < -0.3 is 26.2 Å². The highest BCUT2D eigenvalue weighted by Crippen LogP contribution is 2.17. The zero-order valence-corrected chi connectivity index (χ0v) is 20.4. The lowest BCUT2D eigenvalue weighted by Gasteiger charge is -2.24. The fourth-order valence-corrected chi connectivity index (χ4v) is 3.57. The van der Waals surface area contributed by atoms with E-state index in [0.29, 0.717) is 31.0 Å². The predicted molar refractivity (Wildman–Crippen MR) is 140 cm³/mol. The molecule has 0 aliphatic carbocycles. The van der Waals surface area contributed by atoms with Gasteiger partial charge in [0.2, 0.25) is 0 Å². The third kappa shape index (κ3) is 8.42. The van der Waals surface area contributed by atoms with Gasteiger partial charge in [0.1, 0.15) is 5.69 Å². The van der Waals surface area contributed by atoms with Gasteiger partial charge in [-0.1, -0.05) is 48.5 Å². The molecule has 0 saturated heterocycles. The molecule has 184 valence electrons. The normalized spacial score (nSPS) is 10.7. The molecular formula is C27H34N6O2. The Hall–Kier alpha value is -3.91. The second-order valence-corrected chi connectivity index (χ2v) is 8.64. The van der Waals surface area contributed by atoms with Gasteiger partial charge in [0, 0.05) is 25.8 Å². The van der Waals surface area contributed by atoms with E-state index in [9.17, 15) is 9.59 Å². The molecule has 8 heteroatoms. The number of nitrogens with zero attached hydrogens (tertiary/aromatic N) is 3. The second kappa shape index (κ2) is 13.1. The van der Waals surface area contributed by atoms with Gasteiger partial charge in [0.15, 0.2) is 0 Å². The molecule has 0 fully saturated rings. The molecule has 3 rings (SSSR count). The molecule has 0 spiro atoms. The van der Waals surface area contributed by atoms with Gasteiger partial charge in [0.25, 0.3) is 5.91 Å². The van der Waals surface area contributed by atoms with Crippen molar-refractivity contribution in [3.63, 3.8) is 0 Å². The van der Waals surface area contributed by atoms with Crippen LogP contribution >= 0.6 is 0 Å². The monoisotopic (exact) mass is 474 g/mol. The lowest BCUT2D eigenvalue weighted by Crippen LogP contribution is -2.41. The molecule has 4 N–H and O–H groups in total. The Morgan fingerprint density at radius 2 is 1.66 bits per heavy atom. The van der Waals surface area contributed by atoms with E-state index in [0.717, 1.165) is 24.9 Å². The fraction of sp³-hybridized carbons (Fsp3) is 0.296. The predicted octanol–water partition coefficient (Wildman–Crippen LogP) is 3.62. The number of aromatic nitrogens is 1. The molecule has 0 atom stereocenters. The summed E-state index contributed by atoms with van der Waals surface area (Å²) in [5, 5.41) is 5.80. The van der Waals surface area contributed by atoms with Crippen molar-refractivity contribution in [1.82, 2.24) is 20.1 Å². The summed E-state index contributed by atoms with van der Waals surface area (Å²) in [6, 6.07) is 20.5. The summed E-state index contributed by atoms with van der Waals surface area (Å²) in [6.45, 7) is 2.47. The van der Waals surface area contributed by atoms with E-state index < -0.39 is 0 Å². The van der Waals surface area contributed by atoms with Gasteiger partial charge in [-0.2, -0.15) is 0 Å². The number of nitrogens with one attached hydrogen (secondary N) is 2. The molecule has 3 aromatic rings. The summed E-state index contributed by atoms with van der Waals surface area (Å²) in [4.78, 5) is 33.7. The zero-order valence-electron chi connectivity index (χ0n) is 20.4. The van der Waals surface area contributed by atoms with Crippen molar-refractivity contribution in [2.24, 2.45) is 0 Å². The first-order valence-electron chi connectivity index (χ1n) is 11.7. The SMILES string of the molecule is CN(C)CCCN(Cc1ccc(C(=O)Nc2ccccc2N)nc1)C(=O)NCCc1ccccc1. The number of benzene rings is 2. The van der Waals surface area contributed by atoms with E-state index in [1.165, 1.54) is 5.56 Å². The van der Waals surface area contributed by atoms with E-state index in [1.807, 2.05) is 38.4 Å². The van der Waals surface area contributed by atoms with Gasteiger partial charge in [-0.3, -0.25) is 9.78 Å². The van der Waals surface area contributed by atoms with E-state index in [-0.39, 0.29) is 17.6 Å². The fourth-order valence-electron chi connectivity index (χ4n) is 3.57. The number of anilines is 2. The van der Waals surface area contributed by atoms with Crippen molar-refractivity contribution in [2.45, 2.75) is 19.4 Å². The highest BCUT2D eigenvalue weighted by atomic mass is 16.2. The van der Waals surface area contributed by atoms with Crippen LogP contribution < -0.4 is 16.4 Å². The largest absolute Gasteiger partial charge is 0.397 e. The van der Waals surface area contributed by atoms with Crippen molar-refractivity contribution >= 4 is 23.3 Å². The minimum Gasteiger partial charge on any atom is -0.397 e. The maximum Gasteiger partial charge on any atom is 0.317 e. The molecule has 0 aliphatic rings. The van der Waals surface area contributed by atoms with Crippen LogP contribution in [0.3, 0.4) is 0 Å². The van der Waals surface area contributed by atoms with E-state index in [4.69, 9.17) is 5.73 Å². The lowest BCUT2D eigenvalue weighted by atomic mass is 10.1. The second-order valence-electron chi connectivity index (χ2n) is 8.64. The van der Waals surface area contributed by atoms with E-state index in [2.05, 4.69) is 32.7 Å². The molecule has 0 bridgehead atoms. The summed E-state index contributed by atoms with van der Waals surface area (Å²) >= 11 is 0. The van der Waals surface area contributed by atoms with Crippen molar-refractivity contribution in [1.29, 1.82) is 0 Å². The van der Waals surface area contributed by atoms with Gasteiger partial charge in [-0.05, 0) is 62.8 Å². The summed E-state index contributed by atoms with van der Waals surface area (Å²) in [5.41, 5.74) is 9.25. The number of carbonyl (C=O) groups excluding carboxylic acids is 2. The molecule has 8 nitrogen and oxygen atoms in total. The molecule has 0 aliphatic heterocycles. The number of carbonyl (C=O) groups is 2. The van der Waals surface area contributed by atoms with E-state index in [1.54, 1.807) is 41.4 Å². The smallest absolute Gasteiger partial charge is 0.317 e. The van der Waals surface area contributed by atoms with E-state index >= 15 is 0 Å². The highest BCUT2D eigenvalue weighted by molar-refractivity contribution is 6.04. The van der Waals surface area contributed by atoms with Crippen LogP contribution in [0.25, 0.3) is 0 Å². The molecule has 1 aromatic heterocycles. The number of para-hydroxylation sites is 2. The molecule has 0 unspecified atom stereocenters. The Labute approximate surface area is 207 Å². The first-order valence-corrected chi connectivity index (χ1v) is 11.7. The summed E-state index contributed by atoms with van der Waals surface area (Å²) in [5.74, 6) is -0.337. The van der Waals surface area contributed by atoms with Crippen LogP contribution in [0, 0.1) is 0 Å². The molecule has 1 heterocycles. The Balaban J connectivity index is 1.59.